The Hall–Kier alpha value is -2.95. The first-order valence-corrected chi connectivity index (χ1v) is 12.0. The van der Waals surface area contributed by atoms with E-state index in [0.717, 1.165) is 0 Å². The highest BCUT2D eigenvalue weighted by atomic mass is 16.7. The molecule has 1 fully saturated rings. The summed E-state index contributed by atoms with van der Waals surface area (Å²) in [6.07, 6.45) is -3.62. The number of aromatic hydroxyl groups is 1. The van der Waals surface area contributed by atoms with Crippen molar-refractivity contribution in [1.29, 1.82) is 0 Å². The molecule has 1 heterocycles. The molecular weight excluding hydrogens is 466 g/mol. The number of nitrogens with two attached hydrogens (primary N) is 1. The van der Waals surface area contributed by atoms with Crippen molar-refractivity contribution in [2.45, 2.75) is 76.3 Å². The van der Waals surface area contributed by atoms with Gasteiger partial charge in [-0.3, -0.25) is 14.4 Å². The highest BCUT2D eigenvalue weighted by Gasteiger charge is 2.48. The van der Waals surface area contributed by atoms with Crippen molar-refractivity contribution in [3.05, 3.63) is 63.2 Å². The van der Waals surface area contributed by atoms with Crippen LogP contribution in [0, 0.1) is 6.92 Å². The Morgan fingerprint density at radius 3 is 2.36 bits per heavy atom. The molecule has 9 nitrogen and oxygen atoms in total. The average Bonchev–Trinajstić information content (AvgIpc) is 2.82. The summed E-state index contributed by atoms with van der Waals surface area (Å²) >= 11 is 0. The molecule has 0 saturated carbocycles. The molecule has 0 radical (unpaired) electrons. The second kappa shape index (κ2) is 8.57. The van der Waals surface area contributed by atoms with E-state index in [9.17, 15) is 29.7 Å². The van der Waals surface area contributed by atoms with E-state index in [1.165, 1.54) is 6.92 Å². The topological polar surface area (TPSA) is 156 Å². The number of ketones is 3. The van der Waals surface area contributed by atoms with E-state index in [1.54, 1.807) is 38.1 Å². The summed E-state index contributed by atoms with van der Waals surface area (Å²) in [4.78, 5) is 39.4. The Kier molecular flexibility index (Phi) is 5.89. The first kappa shape index (κ1) is 24.7. The van der Waals surface area contributed by atoms with Crippen LogP contribution in [0.1, 0.15) is 81.3 Å². The average molecular weight is 496 g/mol. The minimum absolute atomic E-state index is 0.0641. The molecule has 0 bridgehead atoms. The number of aliphatic hydroxyl groups excluding tert-OH is 1. The van der Waals surface area contributed by atoms with E-state index < -0.39 is 59.3 Å². The Bertz CT molecular complexity index is 1290. The lowest BCUT2D eigenvalue weighted by Crippen LogP contribution is -2.52. The van der Waals surface area contributed by atoms with Crippen molar-refractivity contribution in [2.75, 3.05) is 0 Å². The molecule has 0 amide bonds. The van der Waals surface area contributed by atoms with Gasteiger partial charge in [0.25, 0.3) is 0 Å². The summed E-state index contributed by atoms with van der Waals surface area (Å²) in [6, 6.07) is 5.79. The molecule has 1 saturated heterocycles. The molecule has 36 heavy (non-hydrogen) atoms. The van der Waals surface area contributed by atoms with E-state index in [0.29, 0.717) is 11.1 Å². The molecule has 5 N–H and O–H groups in total. The number of carbonyl (C=O) groups excluding carboxylic acids is 3. The molecule has 0 unspecified atom stereocenters. The molecule has 2 aliphatic carbocycles. The van der Waals surface area contributed by atoms with Gasteiger partial charge < -0.3 is 30.5 Å². The number of Topliss-reactive ketones (excluding diaryl/α,β-unsaturated/α-hetero) is 1. The van der Waals surface area contributed by atoms with Gasteiger partial charge in [0.2, 0.25) is 0 Å². The van der Waals surface area contributed by atoms with Crippen molar-refractivity contribution in [1.82, 2.24) is 0 Å². The zero-order valence-electron chi connectivity index (χ0n) is 20.3. The van der Waals surface area contributed by atoms with Crippen LogP contribution >= 0.6 is 0 Å². The maximum atomic E-state index is 13.4. The number of aliphatic hydroxyl groups is 2. The highest BCUT2D eigenvalue weighted by molar-refractivity contribution is 6.30. The van der Waals surface area contributed by atoms with E-state index in [1.807, 2.05) is 0 Å². The molecule has 3 aliphatic rings. The number of carbonyl (C=O) groups is 3. The summed E-state index contributed by atoms with van der Waals surface area (Å²) in [7, 11) is 0. The standard InChI is InChI=1S/C27H29NO8/c1-11-16-9-27(34,13(3)29)10-18(36-19-8-17(28)23(30)12(2)35-19)21(16)26(33)22-20(11)24(31)14-6-4-5-7-15(14)25(22)32/h4-7,12,17-19,23,30,33-34H,8-10,28H2,1-3H3/t12-,17-,18-,19-,23+,27-/m0/s1. The van der Waals surface area contributed by atoms with Gasteiger partial charge in [-0.15, -0.1) is 0 Å². The van der Waals surface area contributed by atoms with Crippen molar-refractivity contribution in [3.63, 3.8) is 0 Å². The molecule has 6 atom stereocenters. The lowest BCUT2D eigenvalue weighted by atomic mass is 9.70. The van der Waals surface area contributed by atoms with E-state index in [2.05, 4.69) is 0 Å². The molecular formula is C27H29NO8. The monoisotopic (exact) mass is 495 g/mol. The molecule has 190 valence electrons. The normalized spacial score (nSPS) is 31.4. The van der Waals surface area contributed by atoms with Crippen molar-refractivity contribution >= 4 is 17.3 Å². The molecule has 0 spiro atoms. The molecule has 0 aromatic heterocycles. The Morgan fingerprint density at radius 2 is 1.78 bits per heavy atom. The number of phenolic OH excluding ortho intramolecular Hbond substituents is 1. The van der Waals surface area contributed by atoms with Gasteiger partial charge in [-0.2, -0.15) is 0 Å². The number of hydrogen-bond acceptors (Lipinski definition) is 9. The van der Waals surface area contributed by atoms with E-state index >= 15 is 0 Å². The third-order valence-corrected chi connectivity index (χ3v) is 7.80. The first-order valence-electron chi connectivity index (χ1n) is 12.0. The number of phenols is 1. The van der Waals surface area contributed by atoms with Gasteiger partial charge in [0.1, 0.15) is 11.4 Å². The van der Waals surface area contributed by atoms with Crippen LogP contribution in [0.3, 0.4) is 0 Å². The zero-order chi connectivity index (χ0) is 26.1. The van der Waals surface area contributed by atoms with Gasteiger partial charge in [-0.25, -0.2) is 0 Å². The maximum absolute atomic E-state index is 13.4. The van der Waals surface area contributed by atoms with Gasteiger partial charge in [-0.1, -0.05) is 24.3 Å². The van der Waals surface area contributed by atoms with Crippen LogP contribution in [0.25, 0.3) is 0 Å². The van der Waals surface area contributed by atoms with Gasteiger partial charge in [0.15, 0.2) is 23.6 Å². The van der Waals surface area contributed by atoms with Gasteiger partial charge in [-0.05, 0) is 31.9 Å². The minimum atomic E-state index is -1.81. The number of rotatable bonds is 3. The third-order valence-electron chi connectivity index (χ3n) is 7.80. The zero-order valence-corrected chi connectivity index (χ0v) is 20.3. The summed E-state index contributed by atoms with van der Waals surface area (Å²) in [5, 5.41) is 32.8. The SMILES string of the molecule is CC(=O)[C@]1(O)Cc2c(C)c3c(c(O)c2[C@@H](O[C@H]2C[C@H](N)[C@H](O)[C@H](C)O2)C1)C(=O)c1ccccc1C3=O. The quantitative estimate of drug-likeness (QED) is 0.424. The largest absolute Gasteiger partial charge is 0.507 e. The van der Waals surface area contributed by atoms with Crippen LogP contribution < -0.4 is 5.73 Å². The fourth-order valence-electron chi connectivity index (χ4n) is 5.68. The lowest BCUT2D eigenvalue weighted by molar-refractivity contribution is -0.247. The third kappa shape index (κ3) is 3.62. The molecule has 1 aliphatic heterocycles. The Labute approximate surface area is 207 Å². The van der Waals surface area contributed by atoms with Gasteiger partial charge in [0.05, 0.1) is 23.9 Å². The lowest BCUT2D eigenvalue weighted by Gasteiger charge is -2.42. The summed E-state index contributed by atoms with van der Waals surface area (Å²) < 4.78 is 11.9. The molecule has 2 aromatic rings. The number of hydrogen-bond donors (Lipinski definition) is 4. The van der Waals surface area contributed by atoms with Crippen molar-refractivity contribution in [2.24, 2.45) is 5.73 Å². The van der Waals surface area contributed by atoms with Crippen LogP contribution in [0.4, 0.5) is 0 Å². The van der Waals surface area contributed by atoms with Crippen LogP contribution in [0.2, 0.25) is 0 Å². The maximum Gasteiger partial charge on any atom is 0.198 e. The van der Waals surface area contributed by atoms with E-state index in [4.69, 9.17) is 15.2 Å². The predicted molar refractivity (Wildman–Crippen MR) is 127 cm³/mol. The second-order valence-electron chi connectivity index (χ2n) is 10.1. The van der Waals surface area contributed by atoms with Gasteiger partial charge in [0, 0.05) is 47.6 Å². The fraction of sp³-hybridized carbons (Fsp3) is 0.444. The second-order valence-corrected chi connectivity index (χ2v) is 10.1. The van der Waals surface area contributed by atoms with Crippen LogP contribution in [-0.4, -0.2) is 62.8 Å². The number of ether oxygens (including phenoxy) is 2. The molecule has 9 heteroatoms. The van der Waals surface area contributed by atoms with Gasteiger partial charge >= 0.3 is 0 Å². The van der Waals surface area contributed by atoms with E-state index in [-0.39, 0.29) is 47.1 Å². The van der Waals surface area contributed by atoms with Crippen molar-refractivity contribution in [3.8, 4) is 5.75 Å². The summed E-state index contributed by atoms with van der Waals surface area (Å²) in [6.45, 7) is 4.57. The Balaban J connectivity index is 1.66. The first-order chi connectivity index (χ1) is 16.9. The summed E-state index contributed by atoms with van der Waals surface area (Å²) in [5.74, 6) is -1.78. The molecule has 5 rings (SSSR count). The minimum Gasteiger partial charge on any atom is -0.507 e. The van der Waals surface area contributed by atoms with Crippen LogP contribution in [-0.2, 0) is 20.7 Å². The highest BCUT2D eigenvalue weighted by Crippen LogP contribution is 2.49. The predicted octanol–water partition coefficient (Wildman–Crippen LogP) is 1.62. The number of fused-ring (bicyclic) bond motifs is 3. The Morgan fingerprint density at radius 1 is 1.17 bits per heavy atom. The van der Waals surface area contributed by atoms with Crippen LogP contribution in [0.15, 0.2) is 24.3 Å². The molecule has 2 aromatic carbocycles. The fourth-order valence-corrected chi connectivity index (χ4v) is 5.68. The summed E-state index contributed by atoms with van der Waals surface area (Å²) in [5.41, 5.74) is 5.65. The smallest absolute Gasteiger partial charge is 0.198 e. The number of benzene rings is 2. The van der Waals surface area contributed by atoms with Crippen LogP contribution in [0.5, 0.6) is 5.75 Å². The van der Waals surface area contributed by atoms with Crippen molar-refractivity contribution < 1.29 is 39.2 Å².